The molecule has 0 aromatic heterocycles. The monoisotopic (exact) mass is 313 g/mol. The highest BCUT2D eigenvalue weighted by atomic mass is 16.5. The van der Waals surface area contributed by atoms with Gasteiger partial charge in [0.1, 0.15) is 5.75 Å². The van der Waals surface area contributed by atoms with E-state index in [9.17, 15) is 4.79 Å². The molecule has 0 radical (unpaired) electrons. The van der Waals surface area contributed by atoms with E-state index in [1.54, 1.807) is 14.2 Å². The lowest BCUT2D eigenvalue weighted by atomic mass is 9.54. The summed E-state index contributed by atoms with van der Waals surface area (Å²) >= 11 is 0. The summed E-state index contributed by atoms with van der Waals surface area (Å²) < 4.78 is 11.3. The van der Waals surface area contributed by atoms with Gasteiger partial charge in [-0.1, -0.05) is 12.1 Å². The van der Waals surface area contributed by atoms with E-state index in [1.807, 2.05) is 4.90 Å². The van der Waals surface area contributed by atoms with Crippen LogP contribution in [0.5, 0.6) is 5.75 Å². The summed E-state index contributed by atoms with van der Waals surface area (Å²) in [5.41, 5.74) is 2.57. The molecule has 1 aromatic carbocycles. The number of allylic oxidation sites excluding steroid dienone is 2. The van der Waals surface area contributed by atoms with Crippen molar-refractivity contribution in [2.24, 2.45) is 5.92 Å². The summed E-state index contributed by atoms with van der Waals surface area (Å²) in [7, 11) is 3.50. The number of hydrogen-bond donors (Lipinski definition) is 0. The molecule has 0 saturated carbocycles. The molecule has 1 fully saturated rings. The highest BCUT2D eigenvalue weighted by Gasteiger charge is 2.54. The number of nitrogens with zero attached hydrogens (tertiary/aromatic N) is 1. The maximum atomic E-state index is 11.5. The molecule has 2 aliphatic carbocycles. The largest absolute Gasteiger partial charge is 0.501 e. The van der Waals surface area contributed by atoms with Crippen molar-refractivity contribution < 1.29 is 14.3 Å². The van der Waals surface area contributed by atoms with Gasteiger partial charge in [0.15, 0.2) is 0 Å². The van der Waals surface area contributed by atoms with E-state index in [2.05, 4.69) is 24.3 Å². The van der Waals surface area contributed by atoms with E-state index in [0.717, 1.165) is 50.1 Å². The lowest BCUT2D eigenvalue weighted by Crippen LogP contribution is -2.59. The van der Waals surface area contributed by atoms with Crippen LogP contribution < -0.4 is 4.74 Å². The molecule has 122 valence electrons. The minimum atomic E-state index is -0.0616. The minimum Gasteiger partial charge on any atom is -0.501 e. The molecule has 1 saturated heterocycles. The number of benzene rings is 1. The number of carbonyl (C=O) groups excluding carboxylic acids is 1. The quantitative estimate of drug-likeness (QED) is 0.805. The predicted molar refractivity (Wildman–Crippen MR) is 87.4 cm³/mol. The Balaban J connectivity index is 1.96. The maximum Gasteiger partial charge on any atom is 0.209 e. The standard InChI is InChI=1S/C19H23NO3/c1-22-14-6-7-15-16-10-13-4-3-5-17(23-2)18(13)19(15,11-14)8-9-20(16)12-21/h3-5,11-12,15-16H,6-10H2,1-2H3/t15-,16+,19-/m0/s1. The van der Waals surface area contributed by atoms with Crippen LogP contribution in [-0.2, 0) is 21.4 Å². The summed E-state index contributed by atoms with van der Waals surface area (Å²) in [6, 6.07) is 6.59. The predicted octanol–water partition coefficient (Wildman–Crippen LogP) is 2.66. The maximum absolute atomic E-state index is 11.5. The van der Waals surface area contributed by atoms with E-state index >= 15 is 0 Å². The van der Waals surface area contributed by atoms with Crippen molar-refractivity contribution in [3.63, 3.8) is 0 Å². The number of piperidine rings is 1. The van der Waals surface area contributed by atoms with Crippen molar-refractivity contribution in [3.8, 4) is 5.75 Å². The number of likely N-dealkylation sites (tertiary alicyclic amines) is 1. The van der Waals surface area contributed by atoms with Gasteiger partial charge in [0.25, 0.3) is 0 Å². The van der Waals surface area contributed by atoms with Crippen molar-refractivity contribution in [2.75, 3.05) is 20.8 Å². The first-order valence-electron chi connectivity index (χ1n) is 8.36. The second kappa shape index (κ2) is 5.29. The van der Waals surface area contributed by atoms with E-state index in [1.165, 1.54) is 11.1 Å². The van der Waals surface area contributed by atoms with Crippen LogP contribution in [0.25, 0.3) is 0 Å². The SMILES string of the molecule is COC1=C[C@]23CCN(C=O)[C@H](Cc4cccc(OC)c42)[C@@H]3CC1. The van der Waals surface area contributed by atoms with E-state index < -0.39 is 0 Å². The normalized spacial score (nSPS) is 31.6. The van der Waals surface area contributed by atoms with Gasteiger partial charge in [0.2, 0.25) is 6.41 Å². The van der Waals surface area contributed by atoms with Gasteiger partial charge >= 0.3 is 0 Å². The van der Waals surface area contributed by atoms with E-state index in [4.69, 9.17) is 9.47 Å². The molecule has 23 heavy (non-hydrogen) atoms. The second-order valence-electron chi connectivity index (χ2n) is 6.86. The molecule has 2 bridgehead atoms. The summed E-state index contributed by atoms with van der Waals surface area (Å²) in [5, 5.41) is 0. The fourth-order valence-corrected chi connectivity index (χ4v) is 5.13. The van der Waals surface area contributed by atoms with Crippen molar-refractivity contribution in [3.05, 3.63) is 41.2 Å². The summed E-state index contributed by atoms with van der Waals surface area (Å²) in [6.07, 6.45) is 7.25. The average Bonchev–Trinajstić information content (AvgIpc) is 2.60. The van der Waals surface area contributed by atoms with Gasteiger partial charge in [-0.2, -0.15) is 0 Å². The van der Waals surface area contributed by atoms with Crippen molar-refractivity contribution in [1.82, 2.24) is 4.90 Å². The molecule has 1 amide bonds. The summed E-state index contributed by atoms with van der Waals surface area (Å²) in [5.74, 6) is 2.49. The first-order chi connectivity index (χ1) is 11.2. The number of carbonyl (C=O) groups is 1. The molecule has 0 N–H and O–H groups in total. The smallest absolute Gasteiger partial charge is 0.209 e. The minimum absolute atomic E-state index is 0.0616. The average molecular weight is 313 g/mol. The van der Waals surface area contributed by atoms with Crippen molar-refractivity contribution in [1.29, 1.82) is 0 Å². The Hall–Kier alpha value is -1.97. The van der Waals surface area contributed by atoms with Gasteiger partial charge in [-0.15, -0.1) is 0 Å². The molecule has 1 aromatic rings. The highest BCUT2D eigenvalue weighted by molar-refractivity contribution is 5.57. The Morgan fingerprint density at radius 2 is 2.17 bits per heavy atom. The fourth-order valence-electron chi connectivity index (χ4n) is 5.13. The van der Waals surface area contributed by atoms with Crippen molar-refractivity contribution >= 4 is 6.41 Å². The van der Waals surface area contributed by atoms with Crippen LogP contribution >= 0.6 is 0 Å². The molecule has 0 unspecified atom stereocenters. The molecule has 4 rings (SSSR count). The van der Waals surface area contributed by atoms with Gasteiger partial charge in [0, 0.05) is 30.0 Å². The second-order valence-corrected chi connectivity index (χ2v) is 6.86. The topological polar surface area (TPSA) is 38.8 Å². The molecule has 1 aliphatic heterocycles. The molecular weight excluding hydrogens is 290 g/mol. The number of hydrogen-bond acceptors (Lipinski definition) is 3. The zero-order valence-corrected chi connectivity index (χ0v) is 13.7. The van der Waals surface area contributed by atoms with Gasteiger partial charge in [-0.25, -0.2) is 0 Å². The van der Waals surface area contributed by atoms with E-state index in [0.29, 0.717) is 5.92 Å². The lowest BCUT2D eigenvalue weighted by molar-refractivity contribution is -0.125. The van der Waals surface area contributed by atoms with Crippen LogP contribution in [-0.4, -0.2) is 38.1 Å². The molecule has 4 nitrogen and oxygen atoms in total. The lowest BCUT2D eigenvalue weighted by Gasteiger charge is -2.56. The van der Waals surface area contributed by atoms with Gasteiger partial charge < -0.3 is 14.4 Å². The summed E-state index contributed by atoms with van der Waals surface area (Å²) in [4.78, 5) is 13.6. The highest BCUT2D eigenvalue weighted by Crippen LogP contribution is 2.56. The molecule has 3 atom stereocenters. The first-order valence-corrected chi connectivity index (χ1v) is 8.36. The van der Waals surface area contributed by atoms with Gasteiger partial charge in [-0.05, 0) is 42.9 Å². The Labute approximate surface area is 137 Å². The molecule has 4 heteroatoms. The third-order valence-electron chi connectivity index (χ3n) is 6.08. The van der Waals surface area contributed by atoms with Crippen LogP contribution in [0.15, 0.2) is 30.0 Å². The van der Waals surface area contributed by atoms with Gasteiger partial charge in [0.05, 0.1) is 20.0 Å². The Morgan fingerprint density at radius 1 is 1.30 bits per heavy atom. The number of rotatable bonds is 3. The van der Waals surface area contributed by atoms with Crippen LogP contribution in [0.3, 0.4) is 0 Å². The number of fused-ring (bicyclic) bond motifs is 1. The van der Waals surface area contributed by atoms with Crippen LogP contribution in [0.1, 0.15) is 30.4 Å². The number of methoxy groups -OCH3 is 2. The van der Waals surface area contributed by atoms with Crippen molar-refractivity contribution in [2.45, 2.75) is 37.1 Å². The first kappa shape index (κ1) is 14.6. The Kier molecular flexibility index (Phi) is 3.36. The third-order valence-corrected chi connectivity index (χ3v) is 6.08. The molecule has 3 aliphatic rings. The van der Waals surface area contributed by atoms with E-state index in [-0.39, 0.29) is 11.5 Å². The fraction of sp³-hybridized carbons (Fsp3) is 0.526. The molecule has 1 heterocycles. The zero-order chi connectivity index (χ0) is 16.0. The molecular formula is C19H23NO3. The molecule has 0 spiro atoms. The van der Waals surface area contributed by atoms with Gasteiger partial charge in [-0.3, -0.25) is 4.79 Å². The van der Waals surface area contributed by atoms with Crippen LogP contribution in [0, 0.1) is 5.92 Å². The number of amides is 1. The van der Waals surface area contributed by atoms with Crippen LogP contribution in [0.2, 0.25) is 0 Å². The Bertz CT molecular complexity index is 669. The third kappa shape index (κ3) is 1.93. The van der Waals surface area contributed by atoms with Crippen LogP contribution in [0.4, 0.5) is 0 Å². The summed E-state index contributed by atoms with van der Waals surface area (Å²) in [6.45, 7) is 0.801. The zero-order valence-electron chi connectivity index (χ0n) is 13.7. The Morgan fingerprint density at radius 3 is 2.91 bits per heavy atom. The number of ether oxygens (including phenoxy) is 2.